The minimum Gasteiger partial charge on any atom is -0.377 e. The molecule has 3 N–H and O–H groups in total. The van der Waals surface area contributed by atoms with Crippen LogP contribution in [0.1, 0.15) is 25.7 Å². The molecule has 1 atom stereocenters. The van der Waals surface area contributed by atoms with E-state index >= 15 is 0 Å². The van der Waals surface area contributed by atoms with Gasteiger partial charge in [-0.3, -0.25) is 4.79 Å². The van der Waals surface area contributed by atoms with E-state index in [-0.39, 0.29) is 17.6 Å². The van der Waals surface area contributed by atoms with E-state index in [9.17, 15) is 4.79 Å². The Morgan fingerprint density at radius 3 is 2.85 bits per heavy atom. The Bertz CT molecular complexity index is 208. The molecule has 2 aliphatic rings. The molecule has 1 heterocycles. The lowest BCUT2D eigenvalue weighted by Crippen LogP contribution is -2.46. The smallest absolute Gasteiger partial charge is 0.237 e. The van der Waals surface area contributed by atoms with Crippen LogP contribution in [0.2, 0.25) is 0 Å². The first-order chi connectivity index (χ1) is 6.23. The van der Waals surface area contributed by atoms with Crippen LogP contribution in [0.3, 0.4) is 0 Å². The molecule has 1 saturated heterocycles. The largest absolute Gasteiger partial charge is 0.377 e. The molecule has 1 amide bonds. The molecule has 1 saturated carbocycles. The number of ether oxygens (including phenoxy) is 1. The van der Waals surface area contributed by atoms with Crippen molar-refractivity contribution in [3.8, 4) is 0 Å². The maximum atomic E-state index is 11.0. The summed E-state index contributed by atoms with van der Waals surface area (Å²) in [5.74, 6) is -0.217. The highest BCUT2D eigenvalue weighted by molar-refractivity contribution is 5.87. The summed E-state index contributed by atoms with van der Waals surface area (Å²) in [7, 11) is 0. The Balaban J connectivity index is 1.75. The van der Waals surface area contributed by atoms with E-state index in [1.54, 1.807) is 0 Å². The van der Waals surface area contributed by atoms with Crippen LogP contribution in [0.25, 0.3) is 0 Å². The molecule has 1 aliphatic heterocycles. The molecule has 0 aromatic rings. The van der Waals surface area contributed by atoms with Crippen molar-refractivity contribution in [2.24, 2.45) is 5.73 Å². The van der Waals surface area contributed by atoms with Gasteiger partial charge < -0.3 is 15.8 Å². The molecule has 13 heavy (non-hydrogen) atoms. The highest BCUT2D eigenvalue weighted by Gasteiger charge is 2.48. The fourth-order valence-corrected chi connectivity index (χ4v) is 1.75. The van der Waals surface area contributed by atoms with Gasteiger partial charge in [-0.1, -0.05) is 0 Å². The van der Waals surface area contributed by atoms with Crippen LogP contribution < -0.4 is 11.1 Å². The van der Waals surface area contributed by atoms with Crippen molar-refractivity contribution < 1.29 is 9.53 Å². The third-order valence-electron chi connectivity index (χ3n) is 2.91. The standard InChI is InChI=1S/C9H16N2O2/c10-8(12)9(3-4-9)11-6-7-2-1-5-13-7/h7,11H,1-6H2,(H2,10,12). The van der Waals surface area contributed by atoms with Crippen molar-refractivity contribution in [1.29, 1.82) is 0 Å². The average molecular weight is 184 g/mol. The summed E-state index contributed by atoms with van der Waals surface area (Å²) in [5.41, 5.74) is 4.89. The third-order valence-corrected chi connectivity index (χ3v) is 2.91. The fourth-order valence-electron chi connectivity index (χ4n) is 1.75. The van der Waals surface area contributed by atoms with Crippen molar-refractivity contribution in [3.05, 3.63) is 0 Å². The van der Waals surface area contributed by atoms with Crippen LogP contribution in [0.5, 0.6) is 0 Å². The summed E-state index contributed by atoms with van der Waals surface area (Å²) < 4.78 is 5.44. The highest BCUT2D eigenvalue weighted by Crippen LogP contribution is 2.34. The first-order valence-electron chi connectivity index (χ1n) is 4.89. The molecule has 2 fully saturated rings. The van der Waals surface area contributed by atoms with E-state index in [2.05, 4.69) is 5.32 Å². The molecular formula is C9H16N2O2. The zero-order valence-electron chi connectivity index (χ0n) is 7.71. The first kappa shape index (κ1) is 8.97. The number of amides is 1. The summed E-state index contributed by atoms with van der Waals surface area (Å²) in [6.07, 6.45) is 4.29. The normalized spacial score (nSPS) is 30.3. The SMILES string of the molecule is NC(=O)C1(NCC2CCCO2)CC1. The van der Waals surface area contributed by atoms with Gasteiger partial charge in [0.1, 0.15) is 0 Å². The van der Waals surface area contributed by atoms with Gasteiger partial charge in [-0.2, -0.15) is 0 Å². The van der Waals surface area contributed by atoms with Crippen LogP contribution in [0.15, 0.2) is 0 Å². The van der Waals surface area contributed by atoms with E-state index in [0.29, 0.717) is 0 Å². The number of carbonyl (C=O) groups is 1. The second-order valence-electron chi connectivity index (χ2n) is 3.96. The minimum absolute atomic E-state index is 0.217. The lowest BCUT2D eigenvalue weighted by Gasteiger charge is -2.16. The topological polar surface area (TPSA) is 64.4 Å². The zero-order valence-corrected chi connectivity index (χ0v) is 7.71. The van der Waals surface area contributed by atoms with Crippen LogP contribution in [0.4, 0.5) is 0 Å². The Morgan fingerprint density at radius 2 is 2.38 bits per heavy atom. The molecule has 0 aromatic heterocycles. The van der Waals surface area contributed by atoms with Crippen LogP contribution in [-0.2, 0) is 9.53 Å². The third kappa shape index (κ3) is 1.84. The number of hydrogen-bond donors (Lipinski definition) is 2. The van der Waals surface area contributed by atoms with Crippen LogP contribution >= 0.6 is 0 Å². The number of hydrogen-bond acceptors (Lipinski definition) is 3. The van der Waals surface area contributed by atoms with Crippen molar-refractivity contribution in [2.75, 3.05) is 13.2 Å². The number of nitrogens with two attached hydrogens (primary N) is 1. The molecule has 0 bridgehead atoms. The Kier molecular flexibility index (Phi) is 2.26. The lowest BCUT2D eigenvalue weighted by molar-refractivity contribution is -0.121. The zero-order chi connectivity index (χ0) is 9.31. The summed E-state index contributed by atoms with van der Waals surface area (Å²) in [6.45, 7) is 1.62. The van der Waals surface area contributed by atoms with E-state index in [0.717, 1.165) is 38.8 Å². The van der Waals surface area contributed by atoms with E-state index in [1.165, 1.54) is 0 Å². The number of rotatable bonds is 4. The molecule has 0 radical (unpaired) electrons. The first-order valence-corrected chi connectivity index (χ1v) is 4.89. The van der Waals surface area contributed by atoms with Gasteiger partial charge in [-0.05, 0) is 25.7 Å². The second kappa shape index (κ2) is 3.27. The van der Waals surface area contributed by atoms with E-state index in [4.69, 9.17) is 10.5 Å². The molecule has 0 aromatic carbocycles. The van der Waals surface area contributed by atoms with E-state index < -0.39 is 0 Å². The predicted molar refractivity (Wildman–Crippen MR) is 48.1 cm³/mol. The summed E-state index contributed by atoms with van der Waals surface area (Å²) in [5, 5.41) is 3.21. The average Bonchev–Trinajstić information content (AvgIpc) is 2.73. The number of primary amides is 1. The second-order valence-corrected chi connectivity index (χ2v) is 3.96. The van der Waals surface area contributed by atoms with Crippen molar-refractivity contribution in [2.45, 2.75) is 37.3 Å². The van der Waals surface area contributed by atoms with Gasteiger partial charge >= 0.3 is 0 Å². The van der Waals surface area contributed by atoms with E-state index in [1.807, 2.05) is 0 Å². The summed E-state index contributed by atoms with van der Waals surface area (Å²) in [4.78, 5) is 11.0. The quantitative estimate of drug-likeness (QED) is 0.634. The Labute approximate surface area is 77.8 Å². The fraction of sp³-hybridized carbons (Fsp3) is 0.889. The van der Waals surface area contributed by atoms with Gasteiger partial charge in [0, 0.05) is 13.2 Å². The Morgan fingerprint density at radius 1 is 1.62 bits per heavy atom. The molecule has 74 valence electrons. The molecule has 0 spiro atoms. The van der Waals surface area contributed by atoms with Gasteiger partial charge in [-0.25, -0.2) is 0 Å². The van der Waals surface area contributed by atoms with Crippen LogP contribution in [0, 0.1) is 0 Å². The predicted octanol–water partition coefficient (Wildman–Crippen LogP) is -0.227. The maximum Gasteiger partial charge on any atom is 0.237 e. The van der Waals surface area contributed by atoms with Gasteiger partial charge in [0.2, 0.25) is 5.91 Å². The molecule has 1 unspecified atom stereocenters. The molecule has 4 nitrogen and oxygen atoms in total. The van der Waals surface area contributed by atoms with Crippen molar-refractivity contribution in [3.63, 3.8) is 0 Å². The van der Waals surface area contributed by atoms with Gasteiger partial charge in [0.15, 0.2) is 0 Å². The minimum atomic E-state index is -0.383. The van der Waals surface area contributed by atoms with Gasteiger partial charge in [0.25, 0.3) is 0 Å². The monoisotopic (exact) mass is 184 g/mol. The highest BCUT2D eigenvalue weighted by atomic mass is 16.5. The molecular weight excluding hydrogens is 168 g/mol. The maximum absolute atomic E-state index is 11.0. The van der Waals surface area contributed by atoms with Gasteiger partial charge in [0.05, 0.1) is 11.6 Å². The van der Waals surface area contributed by atoms with Gasteiger partial charge in [-0.15, -0.1) is 0 Å². The summed E-state index contributed by atoms with van der Waals surface area (Å²) in [6, 6.07) is 0. The Hall–Kier alpha value is -0.610. The number of nitrogens with one attached hydrogen (secondary N) is 1. The van der Waals surface area contributed by atoms with Crippen LogP contribution in [-0.4, -0.2) is 30.7 Å². The molecule has 4 heteroatoms. The molecule has 2 rings (SSSR count). The summed E-state index contributed by atoms with van der Waals surface area (Å²) >= 11 is 0. The lowest BCUT2D eigenvalue weighted by atomic mass is 10.2. The molecule has 1 aliphatic carbocycles. The van der Waals surface area contributed by atoms with Crippen molar-refractivity contribution >= 4 is 5.91 Å². The number of carbonyl (C=O) groups excluding carboxylic acids is 1. The van der Waals surface area contributed by atoms with Crippen molar-refractivity contribution in [1.82, 2.24) is 5.32 Å².